The monoisotopic (exact) mass is 258 g/mol. The van der Waals surface area contributed by atoms with Crippen LogP contribution < -0.4 is 10.3 Å². The molecule has 0 aliphatic carbocycles. The van der Waals surface area contributed by atoms with Crippen LogP contribution in [0.25, 0.3) is 0 Å². The number of aromatic carboxylic acids is 1. The third-order valence-electron chi connectivity index (χ3n) is 2.56. The number of benzene rings is 1. The van der Waals surface area contributed by atoms with Crippen LogP contribution in [0.4, 0.5) is 17.2 Å². The van der Waals surface area contributed by atoms with Crippen molar-refractivity contribution in [2.24, 2.45) is 5.18 Å². The Labute approximate surface area is 109 Å². The number of nitrogens with zero attached hydrogens (tertiary/aromatic N) is 1. The van der Waals surface area contributed by atoms with Crippen molar-refractivity contribution in [3.63, 3.8) is 0 Å². The summed E-state index contributed by atoms with van der Waals surface area (Å²) in [7, 11) is 0. The van der Waals surface area contributed by atoms with Gasteiger partial charge in [0.15, 0.2) is 0 Å². The summed E-state index contributed by atoms with van der Waals surface area (Å²) < 4.78 is 0. The van der Waals surface area contributed by atoms with Crippen LogP contribution in [0.1, 0.15) is 16.1 Å². The molecule has 0 unspecified atom stereocenters. The maximum Gasteiger partial charge on any atom is 0.344 e. The Morgan fingerprint density at radius 2 is 1.89 bits per heavy atom. The molecule has 0 radical (unpaired) electrons. The highest BCUT2D eigenvalue weighted by Gasteiger charge is 2.17. The molecule has 96 valence electrons. The van der Waals surface area contributed by atoms with E-state index >= 15 is 0 Å². The van der Waals surface area contributed by atoms with E-state index in [1.165, 1.54) is 6.07 Å². The molecule has 2 rings (SSSR count). The first-order valence-electron chi connectivity index (χ1n) is 5.57. The maximum atomic E-state index is 11.1. The van der Waals surface area contributed by atoms with Crippen LogP contribution in [0.15, 0.2) is 41.6 Å². The molecule has 0 atom stereocenters. The molecule has 0 fully saturated rings. The molecule has 2 aromatic rings. The van der Waals surface area contributed by atoms with Crippen molar-refractivity contribution in [2.45, 2.75) is 6.92 Å². The van der Waals surface area contributed by atoms with Crippen LogP contribution in [0, 0.1) is 11.8 Å². The number of aryl methyl sites for hydroxylation is 1. The van der Waals surface area contributed by atoms with Crippen LogP contribution in [-0.2, 0) is 0 Å². The van der Waals surface area contributed by atoms with E-state index in [-0.39, 0.29) is 5.56 Å². The van der Waals surface area contributed by atoms with Crippen LogP contribution in [0.5, 0.6) is 0 Å². The summed E-state index contributed by atoms with van der Waals surface area (Å²) in [5.74, 6) is -0.635. The Morgan fingerprint density at radius 1 is 1.21 bits per heavy atom. The van der Waals surface area contributed by atoms with Crippen molar-refractivity contribution < 1.29 is 14.9 Å². The lowest BCUT2D eigenvalue weighted by Crippen LogP contribution is -2.18. The van der Waals surface area contributed by atoms with E-state index in [9.17, 15) is 9.70 Å². The minimum Gasteiger partial charge on any atom is -0.477 e. The molecule has 19 heavy (non-hydrogen) atoms. The standard InChI is InChI=1S/C13H11N3O3/c1-8-2-7-11(13(17)18)12(14-8)15-9-3-5-10(16-19)6-4-9/h2-7H,1H3,(H,14,15)(H,17,18)/p+1. The summed E-state index contributed by atoms with van der Waals surface area (Å²) >= 11 is 0. The van der Waals surface area contributed by atoms with Gasteiger partial charge in [-0.2, -0.15) is 0 Å². The highest BCUT2D eigenvalue weighted by Crippen LogP contribution is 2.20. The van der Waals surface area contributed by atoms with E-state index in [2.05, 4.69) is 15.5 Å². The molecule has 0 aliphatic rings. The number of carboxylic acid groups (broad SMARTS) is 1. The number of pyridine rings is 1. The highest BCUT2D eigenvalue weighted by atomic mass is 16.4. The van der Waals surface area contributed by atoms with Crippen LogP contribution in [-0.4, -0.2) is 11.1 Å². The third kappa shape index (κ3) is 2.92. The van der Waals surface area contributed by atoms with Crippen molar-refractivity contribution in [3.05, 3.63) is 52.6 Å². The van der Waals surface area contributed by atoms with E-state index in [1.54, 1.807) is 30.3 Å². The Bertz CT molecular complexity index is 624. The number of H-pyrrole nitrogens is 1. The largest absolute Gasteiger partial charge is 0.477 e. The second-order valence-electron chi connectivity index (χ2n) is 4.00. The van der Waals surface area contributed by atoms with Crippen LogP contribution >= 0.6 is 0 Å². The lowest BCUT2D eigenvalue weighted by Gasteiger charge is -2.03. The molecule has 0 saturated heterocycles. The molecule has 6 heteroatoms. The second-order valence-corrected chi connectivity index (χ2v) is 4.00. The number of anilines is 2. The average molecular weight is 258 g/mol. The molecule has 0 aliphatic heterocycles. The van der Waals surface area contributed by atoms with Crippen molar-refractivity contribution in [1.29, 1.82) is 0 Å². The number of hydrogen-bond acceptors (Lipinski definition) is 4. The second kappa shape index (κ2) is 5.26. The highest BCUT2D eigenvalue weighted by molar-refractivity contribution is 5.93. The van der Waals surface area contributed by atoms with E-state index in [0.29, 0.717) is 17.2 Å². The molecule has 0 amide bonds. The van der Waals surface area contributed by atoms with Gasteiger partial charge >= 0.3 is 5.97 Å². The molecule has 0 saturated carbocycles. The lowest BCUT2D eigenvalue weighted by atomic mass is 10.2. The first kappa shape index (κ1) is 12.7. The topological polar surface area (TPSA) is 92.9 Å². The Hall–Kier alpha value is -2.76. The zero-order chi connectivity index (χ0) is 13.8. The molecule has 6 nitrogen and oxygen atoms in total. The molecule has 0 spiro atoms. The van der Waals surface area contributed by atoms with Crippen molar-refractivity contribution in [2.75, 3.05) is 5.32 Å². The predicted molar refractivity (Wildman–Crippen MR) is 69.9 cm³/mol. The predicted octanol–water partition coefficient (Wildman–Crippen LogP) is 2.65. The van der Waals surface area contributed by atoms with E-state index in [0.717, 1.165) is 5.69 Å². The zero-order valence-corrected chi connectivity index (χ0v) is 10.2. The number of hydrogen-bond donors (Lipinski definition) is 2. The summed E-state index contributed by atoms with van der Waals surface area (Å²) in [6.45, 7) is 1.83. The van der Waals surface area contributed by atoms with Gasteiger partial charge in [-0.25, -0.2) is 15.1 Å². The average Bonchev–Trinajstić information content (AvgIpc) is 2.39. The molecule has 0 bridgehead atoms. The van der Waals surface area contributed by atoms with Gasteiger partial charge in [0.2, 0.25) is 0 Å². The van der Waals surface area contributed by atoms with E-state index in [4.69, 9.17) is 5.11 Å². The SMILES string of the molecule is Cc1ccc(C(=O)O)c(Nc2ccc(N=O)cc2)[nH+]1. The van der Waals surface area contributed by atoms with Gasteiger partial charge in [0.1, 0.15) is 16.9 Å². The first-order chi connectivity index (χ1) is 9.10. The van der Waals surface area contributed by atoms with Gasteiger partial charge in [-0.05, 0) is 48.5 Å². The normalized spacial score (nSPS) is 9.95. The fourth-order valence-electron chi connectivity index (χ4n) is 1.62. The zero-order valence-electron chi connectivity index (χ0n) is 10.2. The molecular weight excluding hydrogens is 246 g/mol. The van der Waals surface area contributed by atoms with Crippen molar-refractivity contribution in [1.82, 2.24) is 0 Å². The fraction of sp³-hybridized carbons (Fsp3) is 0.0769. The first-order valence-corrected chi connectivity index (χ1v) is 5.57. The van der Waals surface area contributed by atoms with Crippen LogP contribution in [0.2, 0.25) is 0 Å². The van der Waals surface area contributed by atoms with Crippen molar-refractivity contribution in [3.8, 4) is 0 Å². The minimum atomic E-state index is -1.02. The maximum absolute atomic E-state index is 11.1. The summed E-state index contributed by atoms with van der Waals surface area (Å²) in [5.41, 5.74) is 1.95. The number of nitrogens with one attached hydrogen (secondary N) is 2. The van der Waals surface area contributed by atoms with Gasteiger partial charge in [-0.3, -0.25) is 0 Å². The summed E-state index contributed by atoms with van der Waals surface area (Å²) in [5, 5.41) is 14.9. The number of aromatic amines is 1. The smallest absolute Gasteiger partial charge is 0.344 e. The van der Waals surface area contributed by atoms with Gasteiger partial charge < -0.3 is 5.11 Å². The van der Waals surface area contributed by atoms with E-state index in [1.807, 2.05) is 6.92 Å². The summed E-state index contributed by atoms with van der Waals surface area (Å²) in [4.78, 5) is 24.4. The van der Waals surface area contributed by atoms with Crippen molar-refractivity contribution >= 4 is 23.2 Å². The number of carboxylic acids is 1. The quantitative estimate of drug-likeness (QED) is 0.824. The minimum absolute atomic E-state index is 0.142. The fourth-order valence-corrected chi connectivity index (χ4v) is 1.62. The molecule has 1 aromatic carbocycles. The van der Waals surface area contributed by atoms with Gasteiger partial charge in [0.05, 0.1) is 5.69 Å². The van der Waals surface area contributed by atoms with Gasteiger partial charge in [-0.1, -0.05) is 0 Å². The number of aromatic nitrogens is 1. The van der Waals surface area contributed by atoms with E-state index < -0.39 is 5.97 Å². The molecule has 3 N–H and O–H groups in total. The molecule has 1 aromatic heterocycles. The van der Waals surface area contributed by atoms with Crippen LogP contribution in [0.3, 0.4) is 0 Å². The number of rotatable bonds is 4. The summed E-state index contributed by atoms with van der Waals surface area (Å²) in [6.07, 6.45) is 0. The molecule has 1 heterocycles. The Kier molecular flexibility index (Phi) is 3.51. The number of nitroso groups, excluding NO2 is 1. The van der Waals surface area contributed by atoms with Gasteiger partial charge in [0.25, 0.3) is 5.82 Å². The third-order valence-corrected chi connectivity index (χ3v) is 2.56. The van der Waals surface area contributed by atoms with Gasteiger partial charge in [-0.15, -0.1) is 4.91 Å². The number of carbonyl (C=O) groups is 1. The van der Waals surface area contributed by atoms with Gasteiger partial charge in [0, 0.05) is 0 Å². The Morgan fingerprint density at radius 3 is 2.47 bits per heavy atom. The molecular formula is C13H12N3O3+. The Balaban J connectivity index is 2.33. The summed E-state index contributed by atoms with van der Waals surface area (Å²) in [6, 6.07) is 9.61. The lowest BCUT2D eigenvalue weighted by molar-refractivity contribution is -0.370.